The number of aromatic nitrogens is 2. The van der Waals surface area contributed by atoms with Gasteiger partial charge in [-0.05, 0) is 25.1 Å². The average molecular weight is 361 g/mol. The quantitative estimate of drug-likeness (QED) is 0.781. The Hall–Kier alpha value is -2.94. The Balaban J connectivity index is 2.03. The van der Waals surface area contributed by atoms with E-state index in [0.29, 0.717) is 23.8 Å². The maximum Gasteiger partial charge on any atom is 0.330 e. The van der Waals surface area contributed by atoms with E-state index in [1.807, 2.05) is 18.0 Å². The summed E-state index contributed by atoms with van der Waals surface area (Å²) < 4.78 is 17.6. The number of fused-ring (bicyclic) bond motifs is 2. The zero-order chi connectivity index (χ0) is 18.6. The number of nitrogens with zero attached hydrogens (tertiary/aromatic N) is 2. The fourth-order valence-electron chi connectivity index (χ4n) is 3.67. The highest BCUT2D eigenvalue weighted by molar-refractivity contribution is 5.63. The van der Waals surface area contributed by atoms with Crippen LogP contribution in [0.15, 0.2) is 15.7 Å². The van der Waals surface area contributed by atoms with Gasteiger partial charge in [-0.3, -0.25) is 19.2 Å². The molecule has 2 aromatic rings. The predicted octanol–water partition coefficient (Wildman–Crippen LogP) is 0.0938. The molecule has 3 heterocycles. The van der Waals surface area contributed by atoms with E-state index in [0.717, 1.165) is 22.1 Å². The zero-order valence-electron chi connectivity index (χ0n) is 14.7. The molecule has 0 amide bonds. The molecule has 9 heteroatoms. The second-order valence-electron chi connectivity index (χ2n) is 6.41. The normalized spacial score (nSPS) is 18.7. The molecule has 2 aliphatic rings. The number of aromatic hydroxyl groups is 1. The van der Waals surface area contributed by atoms with E-state index < -0.39 is 17.3 Å². The summed E-state index contributed by atoms with van der Waals surface area (Å²) in [6.45, 7) is 0.753. The number of H-pyrrole nitrogens is 1. The number of likely N-dealkylation sites (N-methyl/N-ethyl adjacent to an activating group) is 1. The minimum absolute atomic E-state index is 0.0905. The second-order valence-corrected chi connectivity index (χ2v) is 6.41. The van der Waals surface area contributed by atoms with Crippen LogP contribution in [-0.2, 0) is 13.5 Å². The molecule has 9 nitrogen and oxygen atoms in total. The summed E-state index contributed by atoms with van der Waals surface area (Å²) >= 11 is 0. The lowest BCUT2D eigenvalue weighted by Gasteiger charge is -2.35. The number of hydrogen-bond acceptors (Lipinski definition) is 7. The maximum absolute atomic E-state index is 12.5. The number of aromatic amines is 1. The summed E-state index contributed by atoms with van der Waals surface area (Å²) in [5.74, 6) is 1.18. The lowest BCUT2D eigenvalue weighted by atomic mass is 9.87. The number of methoxy groups -OCH3 is 1. The predicted molar refractivity (Wildman–Crippen MR) is 91.3 cm³/mol. The first-order valence-corrected chi connectivity index (χ1v) is 8.15. The third-order valence-electron chi connectivity index (χ3n) is 5.00. The van der Waals surface area contributed by atoms with Crippen LogP contribution in [0.4, 0.5) is 0 Å². The number of nitrogens with one attached hydrogen (secondary N) is 1. The van der Waals surface area contributed by atoms with Crippen molar-refractivity contribution in [1.82, 2.24) is 14.5 Å². The molecule has 0 saturated heterocycles. The number of hydrogen-bond donors (Lipinski definition) is 2. The molecular weight excluding hydrogens is 342 g/mol. The van der Waals surface area contributed by atoms with Crippen LogP contribution in [0.2, 0.25) is 0 Å². The molecule has 0 bridgehead atoms. The zero-order valence-corrected chi connectivity index (χ0v) is 14.7. The third kappa shape index (κ3) is 2.20. The van der Waals surface area contributed by atoms with Crippen molar-refractivity contribution < 1.29 is 19.3 Å². The monoisotopic (exact) mass is 361 g/mol. The van der Waals surface area contributed by atoms with E-state index in [9.17, 15) is 14.7 Å². The lowest BCUT2D eigenvalue weighted by Crippen LogP contribution is -2.39. The van der Waals surface area contributed by atoms with Gasteiger partial charge in [-0.2, -0.15) is 0 Å². The Morgan fingerprint density at radius 1 is 1.27 bits per heavy atom. The molecule has 26 heavy (non-hydrogen) atoms. The molecule has 0 unspecified atom stereocenters. The van der Waals surface area contributed by atoms with Crippen LogP contribution in [0.25, 0.3) is 0 Å². The molecule has 138 valence electrons. The summed E-state index contributed by atoms with van der Waals surface area (Å²) in [6.07, 6.45) is 0.722. The molecule has 1 atom stereocenters. The molecule has 1 aromatic carbocycles. The van der Waals surface area contributed by atoms with E-state index in [1.54, 1.807) is 0 Å². The minimum atomic E-state index is -0.674. The fourth-order valence-corrected chi connectivity index (χ4v) is 3.67. The van der Waals surface area contributed by atoms with E-state index in [4.69, 9.17) is 14.2 Å². The third-order valence-corrected chi connectivity index (χ3v) is 5.00. The highest BCUT2D eigenvalue weighted by Crippen LogP contribution is 2.50. The number of rotatable bonds is 2. The van der Waals surface area contributed by atoms with Crippen LogP contribution in [0.1, 0.15) is 22.7 Å². The minimum Gasteiger partial charge on any atom is -0.494 e. The highest BCUT2D eigenvalue weighted by atomic mass is 16.7. The van der Waals surface area contributed by atoms with Gasteiger partial charge in [-0.1, -0.05) is 0 Å². The summed E-state index contributed by atoms with van der Waals surface area (Å²) in [6, 6.07) is 1.28. The van der Waals surface area contributed by atoms with Crippen molar-refractivity contribution in [3.05, 3.63) is 43.6 Å². The molecule has 2 aliphatic heterocycles. The molecule has 4 rings (SSSR count). The van der Waals surface area contributed by atoms with Gasteiger partial charge in [0, 0.05) is 19.2 Å². The smallest absolute Gasteiger partial charge is 0.330 e. The van der Waals surface area contributed by atoms with Crippen LogP contribution in [0.3, 0.4) is 0 Å². The molecule has 0 fully saturated rings. The summed E-state index contributed by atoms with van der Waals surface area (Å²) in [4.78, 5) is 28.5. The standard InChI is InChI=1S/C17H19N3O6/c1-19-5-4-8-6-9-13(26-7-25-9)14(24-3)10(8)12(19)11-15(21)18-17(23)20(2)16(11)22/h6,12,22H,4-5,7H2,1-3H3,(H,18,21,23)/t12-/m0/s1. The largest absolute Gasteiger partial charge is 0.494 e. The molecule has 0 spiro atoms. The van der Waals surface area contributed by atoms with E-state index in [2.05, 4.69) is 4.98 Å². The van der Waals surface area contributed by atoms with Gasteiger partial charge in [-0.25, -0.2) is 4.79 Å². The Morgan fingerprint density at radius 2 is 2.04 bits per heavy atom. The van der Waals surface area contributed by atoms with Crippen molar-refractivity contribution in [2.45, 2.75) is 12.5 Å². The molecule has 2 N–H and O–H groups in total. The molecule has 0 radical (unpaired) electrons. The van der Waals surface area contributed by atoms with Gasteiger partial charge in [0.05, 0.1) is 18.7 Å². The van der Waals surface area contributed by atoms with Gasteiger partial charge < -0.3 is 19.3 Å². The Labute approximate surface area is 148 Å². The van der Waals surface area contributed by atoms with Crippen molar-refractivity contribution in [1.29, 1.82) is 0 Å². The lowest BCUT2D eigenvalue weighted by molar-refractivity contribution is 0.170. The first-order chi connectivity index (χ1) is 12.4. The van der Waals surface area contributed by atoms with Crippen molar-refractivity contribution in [2.24, 2.45) is 7.05 Å². The van der Waals surface area contributed by atoms with Crippen molar-refractivity contribution >= 4 is 0 Å². The SMILES string of the molecule is COc1c2c(cc3c1[C@@H](c1c(O)n(C)c(=O)[nH]c1=O)N(C)CC3)OCO2. The summed E-state index contributed by atoms with van der Waals surface area (Å²) in [5, 5.41) is 10.5. The van der Waals surface area contributed by atoms with Crippen LogP contribution in [0.5, 0.6) is 23.1 Å². The summed E-state index contributed by atoms with van der Waals surface area (Å²) in [7, 11) is 4.77. The fraction of sp³-hybridized carbons (Fsp3) is 0.412. The van der Waals surface area contributed by atoms with Crippen molar-refractivity contribution in [3.8, 4) is 23.1 Å². The van der Waals surface area contributed by atoms with Crippen LogP contribution in [-0.4, -0.2) is 47.1 Å². The number of benzene rings is 1. The molecule has 0 saturated carbocycles. The Bertz CT molecular complexity index is 1010. The summed E-state index contributed by atoms with van der Waals surface area (Å²) in [5.41, 5.74) is 0.460. The Morgan fingerprint density at radius 3 is 2.77 bits per heavy atom. The van der Waals surface area contributed by atoms with Crippen molar-refractivity contribution in [3.63, 3.8) is 0 Å². The molecule has 0 aliphatic carbocycles. The van der Waals surface area contributed by atoms with Crippen LogP contribution < -0.4 is 25.5 Å². The average Bonchev–Trinajstić information content (AvgIpc) is 3.08. The first kappa shape index (κ1) is 16.5. The van der Waals surface area contributed by atoms with Crippen LogP contribution >= 0.6 is 0 Å². The van der Waals surface area contributed by atoms with Crippen LogP contribution in [0, 0.1) is 0 Å². The van der Waals surface area contributed by atoms with Gasteiger partial charge in [0.25, 0.3) is 5.56 Å². The van der Waals surface area contributed by atoms with Gasteiger partial charge >= 0.3 is 5.69 Å². The van der Waals surface area contributed by atoms with E-state index in [-0.39, 0.29) is 18.2 Å². The number of ether oxygens (including phenoxy) is 3. The second kappa shape index (κ2) is 5.80. The van der Waals surface area contributed by atoms with Gasteiger partial charge in [0.2, 0.25) is 18.4 Å². The van der Waals surface area contributed by atoms with Gasteiger partial charge in [0.1, 0.15) is 0 Å². The Kier molecular flexibility index (Phi) is 3.69. The van der Waals surface area contributed by atoms with Gasteiger partial charge in [-0.15, -0.1) is 0 Å². The van der Waals surface area contributed by atoms with E-state index >= 15 is 0 Å². The highest BCUT2D eigenvalue weighted by Gasteiger charge is 2.37. The van der Waals surface area contributed by atoms with E-state index in [1.165, 1.54) is 14.2 Å². The maximum atomic E-state index is 12.5. The topological polar surface area (TPSA) is 106 Å². The van der Waals surface area contributed by atoms with Gasteiger partial charge in [0.15, 0.2) is 11.5 Å². The first-order valence-electron chi connectivity index (χ1n) is 8.15. The van der Waals surface area contributed by atoms with Crippen molar-refractivity contribution in [2.75, 3.05) is 27.5 Å². The molecular formula is C17H19N3O6. The molecule has 1 aromatic heterocycles.